The first-order valence-corrected chi connectivity index (χ1v) is 11.0. The van der Waals surface area contributed by atoms with Crippen molar-refractivity contribution in [1.82, 2.24) is 19.9 Å². The van der Waals surface area contributed by atoms with E-state index >= 15 is 0 Å². The van der Waals surface area contributed by atoms with Crippen LogP contribution in [0.4, 0.5) is 0 Å². The Labute approximate surface area is 169 Å². The number of piperidine rings is 1. The van der Waals surface area contributed by atoms with E-state index in [1.807, 2.05) is 24.3 Å². The smallest absolute Gasteiger partial charge is 0.244 e. The van der Waals surface area contributed by atoms with Gasteiger partial charge in [-0.25, -0.2) is 13.1 Å². The zero-order valence-corrected chi connectivity index (χ0v) is 16.9. The first-order chi connectivity index (χ1) is 14.0. The van der Waals surface area contributed by atoms with Crippen LogP contribution in [-0.4, -0.2) is 59.7 Å². The number of carbonyl (C=O) groups excluding carboxylic acids is 1. The molecule has 0 atom stereocenters. The molecule has 29 heavy (non-hydrogen) atoms. The molecule has 0 bridgehead atoms. The number of methoxy groups -OCH3 is 1. The van der Waals surface area contributed by atoms with Crippen molar-refractivity contribution in [3.05, 3.63) is 48.5 Å². The second kappa shape index (κ2) is 7.82. The fourth-order valence-corrected chi connectivity index (χ4v) is 5.37. The van der Waals surface area contributed by atoms with Gasteiger partial charge in [-0.05, 0) is 49.2 Å². The number of carbonyl (C=O) groups is 1. The van der Waals surface area contributed by atoms with Gasteiger partial charge >= 0.3 is 0 Å². The van der Waals surface area contributed by atoms with E-state index in [0.29, 0.717) is 31.7 Å². The van der Waals surface area contributed by atoms with E-state index in [0.717, 1.165) is 11.0 Å². The summed E-state index contributed by atoms with van der Waals surface area (Å²) in [4.78, 5) is 14.7. The molecule has 8 nitrogen and oxygen atoms in total. The van der Waals surface area contributed by atoms with Crippen molar-refractivity contribution in [2.24, 2.45) is 0 Å². The number of hydrogen-bond acceptors (Lipinski definition) is 6. The number of likely N-dealkylation sites (tertiary alicyclic amines) is 1. The van der Waals surface area contributed by atoms with Gasteiger partial charge in [0.25, 0.3) is 0 Å². The number of fused-ring (bicyclic) bond motifs is 1. The standard InChI is InChI=1S/C20H22N4O4S/c1-28-15-6-8-16(9-7-15)29(26,27)17-10-12-23(13-11-17)20(25)14-24-19-5-3-2-4-18(19)21-22-24/h2-9,17H,10-14H2,1H3. The third-order valence-electron chi connectivity index (χ3n) is 5.33. The normalized spacial score (nSPS) is 15.6. The zero-order valence-electron chi connectivity index (χ0n) is 16.1. The minimum atomic E-state index is -3.44. The van der Waals surface area contributed by atoms with Crippen molar-refractivity contribution in [1.29, 1.82) is 0 Å². The molecule has 0 spiro atoms. The Morgan fingerprint density at radius 2 is 1.79 bits per heavy atom. The summed E-state index contributed by atoms with van der Waals surface area (Å²) in [5.74, 6) is 0.533. The van der Waals surface area contributed by atoms with Gasteiger partial charge in [-0.1, -0.05) is 17.3 Å². The van der Waals surface area contributed by atoms with Crippen LogP contribution < -0.4 is 4.74 Å². The lowest BCUT2D eigenvalue weighted by molar-refractivity contribution is -0.132. The van der Waals surface area contributed by atoms with E-state index in [-0.39, 0.29) is 17.3 Å². The Balaban J connectivity index is 1.40. The molecule has 9 heteroatoms. The van der Waals surface area contributed by atoms with Gasteiger partial charge in [0.1, 0.15) is 17.8 Å². The van der Waals surface area contributed by atoms with E-state index < -0.39 is 15.1 Å². The Bertz CT molecular complexity index is 1120. The summed E-state index contributed by atoms with van der Waals surface area (Å²) in [6, 6.07) is 13.9. The molecule has 4 rings (SSSR count). The number of hydrogen-bond donors (Lipinski definition) is 0. The molecule has 1 saturated heterocycles. The minimum Gasteiger partial charge on any atom is -0.497 e. The van der Waals surface area contributed by atoms with Crippen LogP contribution in [0.5, 0.6) is 5.75 Å². The van der Waals surface area contributed by atoms with Crippen LogP contribution in [0.1, 0.15) is 12.8 Å². The number of para-hydroxylation sites is 1. The zero-order chi connectivity index (χ0) is 20.4. The van der Waals surface area contributed by atoms with Crippen LogP contribution in [0.25, 0.3) is 11.0 Å². The highest BCUT2D eigenvalue weighted by Gasteiger charge is 2.32. The van der Waals surface area contributed by atoms with Gasteiger partial charge in [0.2, 0.25) is 5.91 Å². The fourth-order valence-electron chi connectivity index (χ4n) is 3.64. The number of ether oxygens (including phenoxy) is 1. The SMILES string of the molecule is COc1ccc(S(=O)(=O)C2CCN(C(=O)Cn3nnc4ccccc43)CC2)cc1. The average molecular weight is 414 g/mol. The topological polar surface area (TPSA) is 94.4 Å². The number of sulfone groups is 1. The predicted octanol–water partition coefficient (Wildman–Crippen LogP) is 1.90. The Morgan fingerprint density at radius 3 is 2.48 bits per heavy atom. The number of aromatic nitrogens is 3. The molecule has 0 aliphatic carbocycles. The third-order valence-corrected chi connectivity index (χ3v) is 7.61. The molecule has 152 valence electrons. The summed E-state index contributed by atoms with van der Waals surface area (Å²) in [6.45, 7) is 0.910. The molecule has 0 N–H and O–H groups in total. The minimum absolute atomic E-state index is 0.0825. The molecule has 1 aliphatic heterocycles. The van der Waals surface area contributed by atoms with Gasteiger partial charge in [0, 0.05) is 13.1 Å². The quantitative estimate of drug-likeness (QED) is 0.633. The molecule has 2 aromatic carbocycles. The van der Waals surface area contributed by atoms with E-state index in [9.17, 15) is 13.2 Å². The van der Waals surface area contributed by atoms with Gasteiger partial charge < -0.3 is 9.64 Å². The van der Waals surface area contributed by atoms with E-state index in [2.05, 4.69) is 10.3 Å². The van der Waals surface area contributed by atoms with Crippen molar-refractivity contribution in [2.45, 2.75) is 29.5 Å². The first-order valence-electron chi connectivity index (χ1n) is 9.43. The maximum atomic E-state index is 12.9. The van der Waals surface area contributed by atoms with Crippen molar-refractivity contribution in [2.75, 3.05) is 20.2 Å². The van der Waals surface area contributed by atoms with Gasteiger partial charge in [-0.2, -0.15) is 0 Å². The molecule has 1 amide bonds. The molecule has 0 saturated carbocycles. The number of amides is 1. The average Bonchev–Trinajstić information content (AvgIpc) is 3.16. The highest BCUT2D eigenvalue weighted by molar-refractivity contribution is 7.92. The molecule has 1 fully saturated rings. The molecule has 1 aromatic heterocycles. The lowest BCUT2D eigenvalue weighted by Crippen LogP contribution is -2.43. The maximum Gasteiger partial charge on any atom is 0.244 e. The Kier molecular flexibility index (Phi) is 5.23. The van der Waals surface area contributed by atoms with Crippen LogP contribution in [-0.2, 0) is 21.2 Å². The lowest BCUT2D eigenvalue weighted by Gasteiger charge is -2.31. The monoisotopic (exact) mass is 414 g/mol. The second-order valence-electron chi connectivity index (χ2n) is 7.04. The van der Waals surface area contributed by atoms with E-state index in [4.69, 9.17) is 4.74 Å². The summed E-state index contributed by atoms with van der Waals surface area (Å²) in [6.07, 6.45) is 0.830. The highest BCUT2D eigenvalue weighted by Crippen LogP contribution is 2.26. The van der Waals surface area contributed by atoms with Crippen molar-refractivity contribution < 1.29 is 17.9 Å². The number of rotatable bonds is 5. The fraction of sp³-hybridized carbons (Fsp3) is 0.350. The third kappa shape index (κ3) is 3.82. The molecule has 0 radical (unpaired) electrons. The van der Waals surface area contributed by atoms with Crippen LogP contribution >= 0.6 is 0 Å². The van der Waals surface area contributed by atoms with E-state index in [1.165, 1.54) is 0 Å². The summed E-state index contributed by atoms with van der Waals surface area (Å²) in [5.41, 5.74) is 1.54. The lowest BCUT2D eigenvalue weighted by atomic mass is 10.1. The van der Waals surface area contributed by atoms with Crippen molar-refractivity contribution >= 4 is 26.8 Å². The molecular formula is C20H22N4O4S. The largest absolute Gasteiger partial charge is 0.497 e. The number of benzene rings is 2. The Hall–Kier alpha value is -2.94. The van der Waals surface area contributed by atoms with Crippen LogP contribution in [0.3, 0.4) is 0 Å². The maximum absolute atomic E-state index is 12.9. The summed E-state index contributed by atoms with van der Waals surface area (Å²) in [7, 11) is -1.90. The molecule has 3 aromatic rings. The van der Waals surface area contributed by atoms with Gasteiger partial charge in [-0.3, -0.25) is 4.79 Å². The number of nitrogens with zero attached hydrogens (tertiary/aromatic N) is 4. The molecule has 0 unspecified atom stereocenters. The van der Waals surface area contributed by atoms with Gasteiger partial charge in [0.05, 0.1) is 22.8 Å². The van der Waals surface area contributed by atoms with Gasteiger partial charge in [-0.15, -0.1) is 5.10 Å². The van der Waals surface area contributed by atoms with Crippen LogP contribution in [0.2, 0.25) is 0 Å². The summed E-state index contributed by atoms with van der Waals surface area (Å²) >= 11 is 0. The van der Waals surface area contributed by atoms with Crippen LogP contribution in [0, 0.1) is 0 Å². The van der Waals surface area contributed by atoms with E-state index in [1.54, 1.807) is 41.0 Å². The van der Waals surface area contributed by atoms with Crippen molar-refractivity contribution in [3.63, 3.8) is 0 Å². The first kappa shape index (κ1) is 19.4. The Morgan fingerprint density at radius 1 is 1.10 bits per heavy atom. The second-order valence-corrected chi connectivity index (χ2v) is 9.26. The van der Waals surface area contributed by atoms with Gasteiger partial charge in [0.15, 0.2) is 9.84 Å². The molecule has 2 heterocycles. The molecule has 1 aliphatic rings. The van der Waals surface area contributed by atoms with Crippen molar-refractivity contribution in [3.8, 4) is 5.75 Å². The highest BCUT2D eigenvalue weighted by atomic mass is 32.2. The summed E-state index contributed by atoms with van der Waals surface area (Å²) < 4.78 is 32.5. The predicted molar refractivity (Wildman–Crippen MR) is 107 cm³/mol. The molecular weight excluding hydrogens is 392 g/mol. The van der Waals surface area contributed by atoms with Crippen LogP contribution in [0.15, 0.2) is 53.4 Å². The summed E-state index contributed by atoms with van der Waals surface area (Å²) in [5, 5.41) is 7.62.